The number of aromatic nitrogens is 2. The van der Waals surface area contributed by atoms with Crippen molar-refractivity contribution in [2.45, 2.75) is 33.3 Å². The van der Waals surface area contributed by atoms with Crippen molar-refractivity contribution in [1.29, 1.82) is 0 Å². The summed E-state index contributed by atoms with van der Waals surface area (Å²) < 4.78 is 5.30. The van der Waals surface area contributed by atoms with Gasteiger partial charge in [-0.15, -0.1) is 0 Å². The SMILES string of the molecule is Cc1c[nH]c2ncc(C(=O)OC(C)(C)C)cc12. The fraction of sp³-hybridized carbons (Fsp3) is 0.385. The third kappa shape index (κ3) is 2.46. The van der Waals surface area contributed by atoms with E-state index in [1.165, 1.54) is 6.20 Å². The van der Waals surface area contributed by atoms with Gasteiger partial charge in [0.15, 0.2) is 0 Å². The topological polar surface area (TPSA) is 55.0 Å². The van der Waals surface area contributed by atoms with Crippen LogP contribution in [0, 0.1) is 6.92 Å². The highest BCUT2D eigenvalue weighted by molar-refractivity contribution is 5.94. The molecule has 0 fully saturated rings. The Morgan fingerprint density at radius 2 is 2.12 bits per heavy atom. The molecule has 0 unspecified atom stereocenters. The minimum atomic E-state index is -0.487. The molecule has 4 nitrogen and oxygen atoms in total. The van der Waals surface area contributed by atoms with Crippen LogP contribution >= 0.6 is 0 Å². The minimum absolute atomic E-state index is 0.340. The van der Waals surface area contributed by atoms with Gasteiger partial charge in [-0.3, -0.25) is 0 Å². The van der Waals surface area contributed by atoms with Gasteiger partial charge in [-0.1, -0.05) is 0 Å². The number of esters is 1. The van der Waals surface area contributed by atoms with Crippen LogP contribution < -0.4 is 0 Å². The molecular weight excluding hydrogens is 216 g/mol. The molecule has 0 saturated heterocycles. The molecule has 4 heteroatoms. The van der Waals surface area contributed by atoms with Gasteiger partial charge < -0.3 is 9.72 Å². The van der Waals surface area contributed by atoms with Gasteiger partial charge in [-0.2, -0.15) is 0 Å². The van der Waals surface area contributed by atoms with Crippen LogP contribution in [-0.4, -0.2) is 21.5 Å². The third-order valence-electron chi connectivity index (χ3n) is 2.37. The van der Waals surface area contributed by atoms with Gasteiger partial charge in [0.2, 0.25) is 0 Å². The summed E-state index contributed by atoms with van der Waals surface area (Å²) in [5.41, 5.74) is 1.85. The number of aromatic amines is 1. The average Bonchev–Trinajstić information content (AvgIpc) is 2.57. The number of pyridine rings is 1. The summed E-state index contributed by atoms with van der Waals surface area (Å²) >= 11 is 0. The van der Waals surface area contributed by atoms with E-state index in [0.717, 1.165) is 16.6 Å². The summed E-state index contributed by atoms with van der Waals surface area (Å²) in [6.45, 7) is 7.51. The predicted molar refractivity (Wildman–Crippen MR) is 66.0 cm³/mol. The highest BCUT2D eigenvalue weighted by atomic mass is 16.6. The van der Waals surface area contributed by atoms with Crippen molar-refractivity contribution in [1.82, 2.24) is 9.97 Å². The van der Waals surface area contributed by atoms with E-state index in [4.69, 9.17) is 4.74 Å². The molecule has 2 heterocycles. The molecule has 17 heavy (non-hydrogen) atoms. The Bertz CT molecular complexity index is 564. The second kappa shape index (κ2) is 3.87. The summed E-state index contributed by atoms with van der Waals surface area (Å²) in [7, 11) is 0. The molecule has 0 aliphatic heterocycles. The van der Waals surface area contributed by atoms with Gasteiger partial charge >= 0.3 is 5.97 Å². The number of fused-ring (bicyclic) bond motifs is 1. The predicted octanol–water partition coefficient (Wildman–Crippen LogP) is 2.83. The second-order valence-corrected chi connectivity index (χ2v) is 5.09. The van der Waals surface area contributed by atoms with Crippen LogP contribution in [-0.2, 0) is 4.74 Å². The van der Waals surface area contributed by atoms with E-state index < -0.39 is 5.60 Å². The van der Waals surface area contributed by atoms with E-state index in [0.29, 0.717) is 5.56 Å². The first kappa shape index (κ1) is 11.6. The summed E-state index contributed by atoms with van der Waals surface area (Å²) in [5, 5.41) is 0.952. The highest BCUT2D eigenvalue weighted by Crippen LogP contribution is 2.18. The van der Waals surface area contributed by atoms with Crippen molar-refractivity contribution in [3.8, 4) is 0 Å². The maximum Gasteiger partial charge on any atom is 0.340 e. The molecule has 0 saturated carbocycles. The van der Waals surface area contributed by atoms with Gasteiger partial charge in [0.05, 0.1) is 5.56 Å². The fourth-order valence-corrected chi connectivity index (χ4v) is 1.58. The summed E-state index contributed by atoms with van der Waals surface area (Å²) in [4.78, 5) is 19.1. The van der Waals surface area contributed by atoms with Crippen LogP contribution in [0.5, 0.6) is 0 Å². The minimum Gasteiger partial charge on any atom is -0.456 e. The van der Waals surface area contributed by atoms with Gasteiger partial charge in [-0.05, 0) is 39.3 Å². The monoisotopic (exact) mass is 232 g/mol. The largest absolute Gasteiger partial charge is 0.456 e. The van der Waals surface area contributed by atoms with E-state index in [-0.39, 0.29) is 5.97 Å². The second-order valence-electron chi connectivity index (χ2n) is 5.09. The third-order valence-corrected chi connectivity index (χ3v) is 2.37. The lowest BCUT2D eigenvalue weighted by atomic mass is 10.1. The van der Waals surface area contributed by atoms with Crippen molar-refractivity contribution in [3.05, 3.63) is 29.6 Å². The van der Waals surface area contributed by atoms with Crippen LogP contribution in [0.15, 0.2) is 18.5 Å². The van der Waals surface area contributed by atoms with Gasteiger partial charge in [0, 0.05) is 17.8 Å². The Morgan fingerprint density at radius 3 is 2.76 bits per heavy atom. The molecule has 0 spiro atoms. The number of hydrogen-bond donors (Lipinski definition) is 1. The zero-order valence-electron chi connectivity index (χ0n) is 10.5. The Morgan fingerprint density at radius 1 is 1.41 bits per heavy atom. The summed E-state index contributed by atoms with van der Waals surface area (Å²) in [6, 6.07) is 1.81. The Kier molecular flexibility index (Phi) is 2.65. The molecule has 0 amide bonds. The van der Waals surface area contributed by atoms with Crippen molar-refractivity contribution < 1.29 is 9.53 Å². The van der Waals surface area contributed by atoms with Gasteiger partial charge in [0.25, 0.3) is 0 Å². The molecule has 0 aliphatic rings. The lowest BCUT2D eigenvalue weighted by molar-refractivity contribution is 0.00693. The van der Waals surface area contributed by atoms with E-state index in [2.05, 4.69) is 9.97 Å². The summed E-state index contributed by atoms with van der Waals surface area (Å²) in [6.07, 6.45) is 3.41. The normalized spacial score (nSPS) is 11.8. The smallest absolute Gasteiger partial charge is 0.340 e. The molecule has 90 valence electrons. The Labute approximate surface area is 100 Å². The number of rotatable bonds is 1. The van der Waals surface area contributed by atoms with E-state index in [9.17, 15) is 4.79 Å². The molecule has 2 rings (SSSR count). The Hall–Kier alpha value is -1.84. The fourth-order valence-electron chi connectivity index (χ4n) is 1.58. The first-order chi connectivity index (χ1) is 7.87. The first-order valence-corrected chi connectivity index (χ1v) is 5.54. The Balaban J connectivity index is 2.36. The quantitative estimate of drug-likeness (QED) is 0.769. The summed E-state index contributed by atoms with van der Waals surface area (Å²) in [5.74, 6) is -0.340. The van der Waals surface area contributed by atoms with Crippen LogP contribution in [0.1, 0.15) is 36.7 Å². The molecule has 0 aliphatic carbocycles. The zero-order valence-corrected chi connectivity index (χ0v) is 10.5. The first-order valence-electron chi connectivity index (χ1n) is 5.54. The molecule has 1 N–H and O–H groups in total. The van der Waals surface area contributed by atoms with E-state index in [1.807, 2.05) is 40.0 Å². The number of carbonyl (C=O) groups is 1. The van der Waals surface area contributed by atoms with Crippen LogP contribution in [0.4, 0.5) is 0 Å². The number of aryl methyl sites for hydroxylation is 1. The molecule has 0 radical (unpaired) electrons. The van der Waals surface area contributed by atoms with Crippen molar-refractivity contribution in [3.63, 3.8) is 0 Å². The molecule has 0 bridgehead atoms. The van der Waals surface area contributed by atoms with Crippen LogP contribution in [0.2, 0.25) is 0 Å². The van der Waals surface area contributed by atoms with E-state index in [1.54, 1.807) is 0 Å². The number of nitrogens with zero attached hydrogens (tertiary/aromatic N) is 1. The number of carbonyl (C=O) groups excluding carboxylic acids is 1. The van der Waals surface area contributed by atoms with Gasteiger partial charge in [0.1, 0.15) is 11.2 Å². The maximum atomic E-state index is 11.9. The lowest BCUT2D eigenvalue weighted by Crippen LogP contribution is -2.23. The number of ether oxygens (including phenoxy) is 1. The van der Waals surface area contributed by atoms with Crippen molar-refractivity contribution >= 4 is 17.0 Å². The molecule has 0 atom stereocenters. The standard InChI is InChI=1S/C13H16N2O2/c1-8-6-14-11-10(8)5-9(7-15-11)12(16)17-13(2,3)4/h5-7H,1-4H3,(H,14,15). The average molecular weight is 232 g/mol. The highest BCUT2D eigenvalue weighted by Gasteiger charge is 2.18. The zero-order chi connectivity index (χ0) is 12.6. The molecule has 2 aromatic heterocycles. The molecular formula is C13H16N2O2. The van der Waals surface area contributed by atoms with E-state index >= 15 is 0 Å². The lowest BCUT2D eigenvalue weighted by Gasteiger charge is -2.19. The number of hydrogen-bond acceptors (Lipinski definition) is 3. The molecule has 2 aromatic rings. The maximum absolute atomic E-state index is 11.9. The number of nitrogens with one attached hydrogen (secondary N) is 1. The van der Waals surface area contributed by atoms with Crippen molar-refractivity contribution in [2.24, 2.45) is 0 Å². The number of H-pyrrole nitrogens is 1. The van der Waals surface area contributed by atoms with Crippen molar-refractivity contribution in [2.75, 3.05) is 0 Å². The van der Waals surface area contributed by atoms with Crippen LogP contribution in [0.3, 0.4) is 0 Å². The molecule has 0 aromatic carbocycles. The van der Waals surface area contributed by atoms with Gasteiger partial charge in [-0.25, -0.2) is 9.78 Å². The van der Waals surface area contributed by atoms with Crippen LogP contribution in [0.25, 0.3) is 11.0 Å².